The highest BCUT2D eigenvalue weighted by molar-refractivity contribution is 7.93. The number of halogens is 3. The average Bonchev–Trinajstić information content (AvgIpc) is 2.94. The van der Waals surface area contributed by atoms with E-state index < -0.39 is 38.6 Å². The number of alkyl halides is 3. The van der Waals surface area contributed by atoms with Gasteiger partial charge >= 0.3 is 6.18 Å². The van der Waals surface area contributed by atoms with Crippen molar-refractivity contribution in [3.05, 3.63) is 59.7 Å². The first-order valence-electron chi connectivity index (χ1n) is 7.21. The van der Waals surface area contributed by atoms with Gasteiger partial charge < -0.3 is 5.73 Å². The van der Waals surface area contributed by atoms with Gasteiger partial charge in [0, 0.05) is 6.42 Å². The highest BCUT2D eigenvalue weighted by Crippen LogP contribution is 2.38. The van der Waals surface area contributed by atoms with E-state index in [-0.39, 0.29) is 12.1 Å². The molecule has 2 aromatic rings. The van der Waals surface area contributed by atoms with Gasteiger partial charge in [0.1, 0.15) is 6.04 Å². The Morgan fingerprint density at radius 1 is 1.12 bits per heavy atom. The fraction of sp³-hybridized carbons (Fsp3) is 0.188. The van der Waals surface area contributed by atoms with Crippen LogP contribution in [0.5, 0.6) is 0 Å². The predicted octanol–water partition coefficient (Wildman–Crippen LogP) is 2.31. The van der Waals surface area contributed by atoms with Crippen LogP contribution in [-0.4, -0.2) is 20.4 Å². The number of hydrogen-bond donors (Lipinski definition) is 1. The molecule has 1 aliphatic rings. The van der Waals surface area contributed by atoms with Gasteiger partial charge in [-0.3, -0.25) is 9.10 Å². The molecule has 0 saturated carbocycles. The molecule has 0 radical (unpaired) electrons. The number of primary amides is 1. The van der Waals surface area contributed by atoms with Gasteiger partial charge in [-0.15, -0.1) is 0 Å². The van der Waals surface area contributed by atoms with Crippen LogP contribution in [0, 0.1) is 0 Å². The normalized spacial score (nSPS) is 17.4. The minimum atomic E-state index is -4.68. The fourth-order valence-electron chi connectivity index (χ4n) is 2.82. The number of fused-ring (bicyclic) bond motifs is 1. The zero-order chi connectivity index (χ0) is 18.4. The van der Waals surface area contributed by atoms with Gasteiger partial charge in [0.2, 0.25) is 5.91 Å². The molecule has 2 N–H and O–H groups in total. The zero-order valence-corrected chi connectivity index (χ0v) is 13.5. The summed E-state index contributed by atoms with van der Waals surface area (Å²) in [4.78, 5) is 11.2. The number of sulfonamides is 1. The van der Waals surface area contributed by atoms with Gasteiger partial charge in [-0.25, -0.2) is 8.42 Å². The number of nitrogens with zero attached hydrogens (tertiary/aromatic N) is 1. The van der Waals surface area contributed by atoms with Crippen molar-refractivity contribution in [2.75, 3.05) is 4.31 Å². The second-order valence-corrected chi connectivity index (χ2v) is 7.39. The first-order valence-corrected chi connectivity index (χ1v) is 8.65. The van der Waals surface area contributed by atoms with E-state index >= 15 is 0 Å². The first-order chi connectivity index (χ1) is 11.6. The summed E-state index contributed by atoms with van der Waals surface area (Å²) in [6.45, 7) is 0. The van der Waals surface area contributed by atoms with Crippen molar-refractivity contribution in [3.8, 4) is 0 Å². The van der Waals surface area contributed by atoms with E-state index in [9.17, 15) is 26.4 Å². The average molecular weight is 370 g/mol. The molecule has 1 atom stereocenters. The fourth-order valence-corrected chi connectivity index (χ4v) is 4.52. The molecule has 3 rings (SSSR count). The minimum absolute atomic E-state index is 0.0731. The van der Waals surface area contributed by atoms with E-state index in [1.165, 1.54) is 6.07 Å². The Morgan fingerprint density at radius 2 is 1.80 bits per heavy atom. The summed E-state index contributed by atoms with van der Waals surface area (Å²) in [7, 11) is -4.40. The number of anilines is 1. The maximum atomic E-state index is 12.9. The molecule has 5 nitrogen and oxygen atoms in total. The minimum Gasteiger partial charge on any atom is -0.368 e. The number of nitrogens with two attached hydrogens (primary N) is 1. The van der Waals surface area contributed by atoms with E-state index in [2.05, 4.69) is 0 Å². The Morgan fingerprint density at radius 3 is 2.44 bits per heavy atom. The third-order valence-corrected chi connectivity index (χ3v) is 5.79. The van der Waals surface area contributed by atoms with E-state index in [1.807, 2.05) is 0 Å². The summed E-state index contributed by atoms with van der Waals surface area (Å²) < 4.78 is 65.4. The molecule has 0 aromatic heterocycles. The molecule has 0 spiro atoms. The molecular weight excluding hydrogens is 357 g/mol. The van der Waals surface area contributed by atoms with Crippen molar-refractivity contribution in [3.63, 3.8) is 0 Å². The van der Waals surface area contributed by atoms with Gasteiger partial charge in [0.25, 0.3) is 10.0 Å². The lowest BCUT2D eigenvalue weighted by atomic mass is 10.1. The van der Waals surface area contributed by atoms with E-state index in [4.69, 9.17) is 5.73 Å². The third-order valence-electron chi connectivity index (χ3n) is 3.97. The number of rotatable bonds is 3. The van der Waals surface area contributed by atoms with Crippen molar-refractivity contribution < 1.29 is 26.4 Å². The molecule has 9 heteroatoms. The lowest BCUT2D eigenvalue weighted by Gasteiger charge is -2.25. The SMILES string of the molecule is NC(=O)[C@@H]1Cc2ccccc2N1S(=O)(=O)c1cccc(C(F)(F)F)c1. The molecule has 0 bridgehead atoms. The second-order valence-electron chi connectivity index (χ2n) is 5.58. The smallest absolute Gasteiger partial charge is 0.368 e. The maximum Gasteiger partial charge on any atom is 0.416 e. The molecule has 25 heavy (non-hydrogen) atoms. The van der Waals surface area contributed by atoms with Gasteiger partial charge in [0.15, 0.2) is 0 Å². The van der Waals surface area contributed by atoms with Crippen LogP contribution in [-0.2, 0) is 27.4 Å². The first kappa shape index (κ1) is 17.3. The van der Waals surface area contributed by atoms with Crippen LogP contribution >= 0.6 is 0 Å². The van der Waals surface area contributed by atoms with Gasteiger partial charge in [-0.1, -0.05) is 24.3 Å². The molecule has 0 fully saturated rings. The van der Waals surface area contributed by atoms with Gasteiger partial charge in [-0.05, 0) is 29.8 Å². The standard InChI is InChI=1S/C16H13F3N2O3S/c17-16(18,19)11-5-3-6-12(9-11)25(23,24)21-13-7-2-1-4-10(13)8-14(21)15(20)22/h1-7,9,14H,8H2,(H2,20,22)/t14-/m0/s1. The summed E-state index contributed by atoms with van der Waals surface area (Å²) in [6, 6.07) is 8.61. The Bertz CT molecular complexity index is 942. The molecule has 0 aliphatic carbocycles. The number of amides is 1. The van der Waals surface area contributed by atoms with E-state index in [0.717, 1.165) is 22.5 Å². The van der Waals surface area contributed by atoms with Crippen molar-refractivity contribution in [2.24, 2.45) is 5.73 Å². The van der Waals surface area contributed by atoms with Crippen molar-refractivity contribution in [1.82, 2.24) is 0 Å². The Hall–Kier alpha value is -2.55. The topological polar surface area (TPSA) is 80.5 Å². The molecule has 1 amide bonds. The van der Waals surface area contributed by atoms with Crippen molar-refractivity contribution in [1.29, 1.82) is 0 Å². The van der Waals surface area contributed by atoms with Crippen molar-refractivity contribution >= 4 is 21.6 Å². The molecule has 2 aromatic carbocycles. The zero-order valence-electron chi connectivity index (χ0n) is 12.7. The summed E-state index contributed by atoms with van der Waals surface area (Å²) in [5.74, 6) is -0.869. The lowest BCUT2D eigenvalue weighted by molar-refractivity contribution is -0.137. The molecule has 0 saturated heterocycles. The van der Waals surface area contributed by atoms with Crippen LogP contribution in [0.1, 0.15) is 11.1 Å². The van der Waals surface area contributed by atoms with Gasteiger partial charge in [0.05, 0.1) is 16.1 Å². The van der Waals surface area contributed by atoms with Gasteiger partial charge in [-0.2, -0.15) is 13.2 Å². The second kappa shape index (κ2) is 5.76. The van der Waals surface area contributed by atoms with Crippen LogP contribution in [0.4, 0.5) is 18.9 Å². The van der Waals surface area contributed by atoms with Crippen LogP contribution in [0.3, 0.4) is 0 Å². The highest BCUT2D eigenvalue weighted by Gasteiger charge is 2.42. The predicted molar refractivity (Wildman–Crippen MR) is 84.2 cm³/mol. The summed E-state index contributed by atoms with van der Waals surface area (Å²) in [5, 5.41) is 0. The summed E-state index contributed by atoms with van der Waals surface area (Å²) in [5.41, 5.74) is 5.05. The molecule has 1 aliphatic heterocycles. The summed E-state index contributed by atoms with van der Waals surface area (Å²) >= 11 is 0. The molecule has 0 unspecified atom stereocenters. The van der Waals surface area contributed by atoms with Crippen LogP contribution in [0.25, 0.3) is 0 Å². The lowest BCUT2D eigenvalue weighted by Crippen LogP contribution is -2.46. The Labute approximate surface area is 141 Å². The van der Waals surface area contributed by atoms with E-state index in [1.54, 1.807) is 18.2 Å². The van der Waals surface area contributed by atoms with Crippen LogP contribution < -0.4 is 10.0 Å². The third kappa shape index (κ3) is 2.95. The molecule has 1 heterocycles. The quantitative estimate of drug-likeness (QED) is 0.900. The largest absolute Gasteiger partial charge is 0.416 e. The molecular formula is C16H13F3N2O3S. The summed E-state index contributed by atoms with van der Waals surface area (Å²) in [6.07, 6.45) is -4.61. The van der Waals surface area contributed by atoms with Crippen LogP contribution in [0.15, 0.2) is 53.4 Å². The number of benzene rings is 2. The number of hydrogen-bond acceptors (Lipinski definition) is 3. The highest BCUT2D eigenvalue weighted by atomic mass is 32.2. The number of carbonyl (C=O) groups is 1. The monoisotopic (exact) mass is 370 g/mol. The Balaban J connectivity index is 2.15. The van der Waals surface area contributed by atoms with Crippen molar-refractivity contribution in [2.45, 2.75) is 23.5 Å². The maximum absolute atomic E-state index is 12.9. The number of para-hydroxylation sites is 1. The Kier molecular flexibility index (Phi) is 3.98. The molecule has 132 valence electrons. The number of carbonyl (C=O) groups excluding carboxylic acids is 1. The van der Waals surface area contributed by atoms with Crippen LogP contribution in [0.2, 0.25) is 0 Å². The van der Waals surface area contributed by atoms with E-state index in [0.29, 0.717) is 11.6 Å².